The molecule has 0 aromatic heterocycles. The molecule has 0 N–H and O–H groups in total. The van der Waals surface area contributed by atoms with Gasteiger partial charge in [0.25, 0.3) is 5.91 Å². The van der Waals surface area contributed by atoms with Gasteiger partial charge in [-0.15, -0.1) is 0 Å². The average Bonchev–Trinajstić information content (AvgIpc) is 2.29. The molecule has 1 aliphatic heterocycles. The number of amides is 1. The number of hydrogen-bond acceptors (Lipinski definition) is 5. The summed E-state index contributed by atoms with van der Waals surface area (Å²) in [5.74, 6) is -0.547. The van der Waals surface area contributed by atoms with E-state index in [4.69, 9.17) is 9.57 Å². The van der Waals surface area contributed by atoms with Crippen molar-refractivity contribution in [1.82, 2.24) is 5.06 Å². The second-order valence-corrected chi connectivity index (χ2v) is 6.69. The lowest BCUT2D eigenvalue weighted by molar-refractivity contribution is -0.271. The van der Waals surface area contributed by atoms with Gasteiger partial charge in [-0.2, -0.15) is 0 Å². The zero-order chi connectivity index (χ0) is 13.8. The summed E-state index contributed by atoms with van der Waals surface area (Å²) >= 11 is 0. The van der Waals surface area contributed by atoms with Crippen molar-refractivity contribution in [3.63, 3.8) is 0 Å². The van der Waals surface area contributed by atoms with E-state index in [2.05, 4.69) is 0 Å². The Morgan fingerprint density at radius 1 is 1.50 bits per heavy atom. The second-order valence-electron chi connectivity index (χ2n) is 4.46. The zero-order valence-corrected chi connectivity index (χ0v) is 11.9. The molecule has 1 saturated heterocycles. The maximum atomic E-state index is 12.0. The molecule has 1 rings (SSSR count). The van der Waals surface area contributed by atoms with Gasteiger partial charge in [0.05, 0.1) is 0 Å². The Morgan fingerprint density at radius 2 is 2.17 bits per heavy atom. The second kappa shape index (κ2) is 6.49. The predicted molar refractivity (Wildman–Crippen MR) is 66.4 cm³/mol. The molecule has 1 aliphatic rings. The molecule has 106 valence electrons. The Bertz CT molecular complexity index is 375. The van der Waals surface area contributed by atoms with Gasteiger partial charge in [-0.25, -0.2) is 18.3 Å². The van der Waals surface area contributed by atoms with E-state index in [0.29, 0.717) is 13.0 Å². The van der Waals surface area contributed by atoms with Gasteiger partial charge in [0.15, 0.2) is 16.1 Å². The number of ether oxygens (including phenoxy) is 1. The summed E-state index contributed by atoms with van der Waals surface area (Å²) in [6, 6.07) is 0. The average molecular weight is 279 g/mol. The first-order valence-electron chi connectivity index (χ1n) is 6.11. The fraction of sp³-hybridized carbons (Fsp3) is 0.909. The highest BCUT2D eigenvalue weighted by Crippen LogP contribution is 2.16. The molecule has 1 fully saturated rings. The van der Waals surface area contributed by atoms with Crippen LogP contribution in [0.2, 0.25) is 0 Å². The monoisotopic (exact) mass is 279 g/mol. The number of nitrogens with zero attached hydrogens (tertiary/aromatic N) is 1. The zero-order valence-electron chi connectivity index (χ0n) is 11.1. The van der Waals surface area contributed by atoms with Crippen molar-refractivity contribution in [2.75, 3.05) is 19.9 Å². The summed E-state index contributed by atoms with van der Waals surface area (Å²) in [6.07, 6.45) is 3.52. The van der Waals surface area contributed by atoms with Gasteiger partial charge in [-0.3, -0.25) is 4.79 Å². The SMILES string of the molecule is CCC(C(=O)N(C)OC1CCCCO1)S(C)(=O)=O. The molecule has 0 aromatic carbocycles. The highest BCUT2D eigenvalue weighted by atomic mass is 32.2. The van der Waals surface area contributed by atoms with Gasteiger partial charge < -0.3 is 4.74 Å². The molecule has 0 radical (unpaired) electrons. The number of hydrogen-bond donors (Lipinski definition) is 0. The molecule has 2 unspecified atom stereocenters. The Kier molecular flexibility index (Phi) is 5.55. The standard InChI is InChI=1S/C11H21NO5S/c1-4-9(18(3,14)15)11(13)12(2)17-10-7-5-6-8-16-10/h9-10H,4-8H2,1-3H3. The minimum absolute atomic E-state index is 0.233. The first-order valence-corrected chi connectivity index (χ1v) is 8.06. The third kappa shape index (κ3) is 4.22. The maximum absolute atomic E-state index is 12.0. The van der Waals surface area contributed by atoms with E-state index in [9.17, 15) is 13.2 Å². The molecule has 7 heteroatoms. The quantitative estimate of drug-likeness (QED) is 0.694. The fourth-order valence-electron chi connectivity index (χ4n) is 1.89. The summed E-state index contributed by atoms with van der Waals surface area (Å²) in [6.45, 7) is 2.27. The first kappa shape index (κ1) is 15.4. The third-order valence-corrected chi connectivity index (χ3v) is 4.46. The van der Waals surface area contributed by atoms with E-state index in [1.807, 2.05) is 0 Å². The van der Waals surface area contributed by atoms with Crippen LogP contribution in [-0.4, -0.2) is 50.8 Å². The summed E-state index contributed by atoms with van der Waals surface area (Å²) in [5.41, 5.74) is 0. The lowest BCUT2D eigenvalue weighted by Crippen LogP contribution is -2.43. The predicted octanol–water partition coefficient (Wildman–Crippen LogP) is 0.726. The summed E-state index contributed by atoms with van der Waals surface area (Å²) in [5, 5.41) is -0.0586. The van der Waals surface area contributed by atoms with Gasteiger partial charge in [-0.05, 0) is 19.3 Å². The Balaban J connectivity index is 2.59. The molecule has 1 amide bonds. The van der Waals surface area contributed by atoms with Crippen LogP contribution in [0.4, 0.5) is 0 Å². The minimum Gasteiger partial charge on any atom is -0.350 e. The minimum atomic E-state index is -3.41. The van der Waals surface area contributed by atoms with Crippen molar-refractivity contribution in [2.45, 2.75) is 44.1 Å². The molecule has 0 aromatic rings. The first-order chi connectivity index (χ1) is 8.36. The normalized spacial score (nSPS) is 22.5. The topological polar surface area (TPSA) is 72.9 Å². The molecule has 0 saturated carbocycles. The Labute approximate surface area is 108 Å². The highest BCUT2D eigenvalue weighted by molar-refractivity contribution is 7.92. The van der Waals surface area contributed by atoms with Crippen molar-refractivity contribution in [3.8, 4) is 0 Å². The van der Waals surface area contributed by atoms with Crippen LogP contribution in [0, 0.1) is 0 Å². The molecule has 18 heavy (non-hydrogen) atoms. The van der Waals surface area contributed by atoms with Crippen LogP contribution in [0.25, 0.3) is 0 Å². The summed E-state index contributed by atoms with van der Waals surface area (Å²) in [4.78, 5) is 17.3. The third-order valence-electron chi connectivity index (χ3n) is 2.89. The van der Waals surface area contributed by atoms with Gasteiger partial charge in [0, 0.05) is 26.3 Å². The molecular weight excluding hydrogens is 258 g/mol. The van der Waals surface area contributed by atoms with Crippen LogP contribution in [0.5, 0.6) is 0 Å². The lowest BCUT2D eigenvalue weighted by Gasteiger charge is -2.28. The Morgan fingerprint density at radius 3 is 2.61 bits per heavy atom. The van der Waals surface area contributed by atoms with Crippen molar-refractivity contribution >= 4 is 15.7 Å². The van der Waals surface area contributed by atoms with E-state index in [-0.39, 0.29) is 6.42 Å². The van der Waals surface area contributed by atoms with Crippen molar-refractivity contribution in [3.05, 3.63) is 0 Å². The van der Waals surface area contributed by atoms with Crippen molar-refractivity contribution in [1.29, 1.82) is 0 Å². The number of carbonyl (C=O) groups is 1. The number of hydroxylamine groups is 2. The number of sulfone groups is 1. The van der Waals surface area contributed by atoms with E-state index in [1.165, 1.54) is 7.05 Å². The molecule has 0 spiro atoms. The van der Waals surface area contributed by atoms with Crippen LogP contribution in [0.1, 0.15) is 32.6 Å². The smallest absolute Gasteiger partial charge is 0.264 e. The maximum Gasteiger partial charge on any atom is 0.264 e. The van der Waals surface area contributed by atoms with E-state index in [0.717, 1.165) is 24.2 Å². The van der Waals surface area contributed by atoms with E-state index in [1.54, 1.807) is 6.92 Å². The molecule has 2 atom stereocenters. The summed E-state index contributed by atoms with van der Waals surface area (Å²) < 4.78 is 28.3. The number of rotatable bonds is 5. The van der Waals surface area contributed by atoms with Gasteiger partial charge >= 0.3 is 0 Å². The van der Waals surface area contributed by atoms with Crippen molar-refractivity contribution < 1.29 is 22.8 Å². The van der Waals surface area contributed by atoms with Crippen LogP contribution < -0.4 is 0 Å². The van der Waals surface area contributed by atoms with Gasteiger partial charge in [0.1, 0.15) is 5.25 Å². The van der Waals surface area contributed by atoms with E-state index < -0.39 is 27.3 Å². The summed E-state index contributed by atoms with van der Waals surface area (Å²) in [7, 11) is -1.99. The van der Waals surface area contributed by atoms with Crippen LogP contribution in [0.15, 0.2) is 0 Å². The molecule has 6 nitrogen and oxygen atoms in total. The molecule has 0 bridgehead atoms. The van der Waals surface area contributed by atoms with Crippen LogP contribution in [-0.2, 0) is 24.2 Å². The van der Waals surface area contributed by atoms with E-state index >= 15 is 0 Å². The molecule has 0 aliphatic carbocycles. The molecule has 1 heterocycles. The Hall–Kier alpha value is -0.660. The van der Waals surface area contributed by atoms with Gasteiger partial charge in [0.2, 0.25) is 0 Å². The molecular formula is C11H21NO5S. The van der Waals surface area contributed by atoms with Crippen LogP contribution >= 0.6 is 0 Å². The lowest BCUT2D eigenvalue weighted by atomic mass is 10.2. The van der Waals surface area contributed by atoms with Crippen molar-refractivity contribution in [2.24, 2.45) is 0 Å². The van der Waals surface area contributed by atoms with Gasteiger partial charge in [-0.1, -0.05) is 6.92 Å². The van der Waals surface area contributed by atoms with Crippen LogP contribution in [0.3, 0.4) is 0 Å². The highest BCUT2D eigenvalue weighted by Gasteiger charge is 2.31. The number of carbonyl (C=O) groups excluding carboxylic acids is 1. The largest absolute Gasteiger partial charge is 0.350 e. The fourth-order valence-corrected chi connectivity index (χ4v) is 3.01.